The van der Waals surface area contributed by atoms with Gasteiger partial charge in [0.15, 0.2) is 0 Å². The van der Waals surface area contributed by atoms with E-state index >= 15 is 0 Å². The third kappa shape index (κ3) is 2.48. The van der Waals surface area contributed by atoms with E-state index in [0.29, 0.717) is 25.0 Å². The van der Waals surface area contributed by atoms with Gasteiger partial charge in [-0.05, 0) is 18.3 Å². The molecule has 2 aliphatic rings. The van der Waals surface area contributed by atoms with Gasteiger partial charge < -0.3 is 10.1 Å². The van der Waals surface area contributed by atoms with Crippen LogP contribution in [0.1, 0.15) is 26.2 Å². The summed E-state index contributed by atoms with van der Waals surface area (Å²) < 4.78 is 5.25. The summed E-state index contributed by atoms with van der Waals surface area (Å²) in [4.78, 5) is 11.9. The van der Waals surface area contributed by atoms with Crippen LogP contribution in [0.4, 0.5) is 0 Å². The molecule has 0 aromatic heterocycles. The molecule has 1 heterocycles. The van der Waals surface area contributed by atoms with E-state index in [1.54, 1.807) is 0 Å². The Labute approximate surface area is 92.7 Å². The lowest BCUT2D eigenvalue weighted by molar-refractivity contribution is -0.122. The third-order valence-electron chi connectivity index (χ3n) is 3.05. The van der Waals surface area contributed by atoms with Crippen LogP contribution in [-0.4, -0.2) is 30.0 Å². The fourth-order valence-electron chi connectivity index (χ4n) is 1.70. The molecule has 0 aromatic carbocycles. The van der Waals surface area contributed by atoms with Gasteiger partial charge in [-0.25, -0.2) is 0 Å². The topological polar surface area (TPSA) is 38.3 Å². The number of ether oxygens (including phenoxy) is 1. The molecule has 1 amide bonds. The normalized spacial score (nSPS) is 34.1. The van der Waals surface area contributed by atoms with Crippen LogP contribution in [-0.2, 0) is 9.53 Å². The Morgan fingerprint density at radius 1 is 1.57 bits per heavy atom. The van der Waals surface area contributed by atoms with E-state index < -0.39 is 0 Å². The zero-order chi connectivity index (χ0) is 10.2. The van der Waals surface area contributed by atoms with Crippen LogP contribution in [0.2, 0.25) is 0 Å². The molecule has 80 valence electrons. The Morgan fingerprint density at radius 3 is 2.79 bits per heavy atom. The Morgan fingerprint density at radius 2 is 2.29 bits per heavy atom. The van der Waals surface area contributed by atoms with Crippen LogP contribution >= 0.6 is 15.9 Å². The molecule has 1 saturated heterocycles. The second kappa shape index (κ2) is 3.81. The van der Waals surface area contributed by atoms with Crippen LogP contribution < -0.4 is 5.32 Å². The van der Waals surface area contributed by atoms with Gasteiger partial charge in [0, 0.05) is 6.42 Å². The van der Waals surface area contributed by atoms with Gasteiger partial charge in [0.25, 0.3) is 0 Å². The van der Waals surface area contributed by atoms with Gasteiger partial charge in [-0.3, -0.25) is 4.79 Å². The highest BCUT2D eigenvalue weighted by molar-refractivity contribution is 9.09. The molecular weight excluding hydrogens is 246 g/mol. The van der Waals surface area contributed by atoms with Crippen LogP contribution in [0.5, 0.6) is 0 Å². The van der Waals surface area contributed by atoms with Gasteiger partial charge in [-0.1, -0.05) is 22.9 Å². The second-order valence-electron chi connectivity index (χ2n) is 4.71. The molecule has 3 nitrogen and oxygen atoms in total. The number of carbonyl (C=O) groups is 1. The third-order valence-corrected chi connectivity index (χ3v) is 3.95. The van der Waals surface area contributed by atoms with Crippen molar-refractivity contribution in [2.75, 3.05) is 13.2 Å². The summed E-state index contributed by atoms with van der Waals surface area (Å²) >= 11 is 3.49. The molecule has 1 saturated carbocycles. The second-order valence-corrected chi connectivity index (χ2v) is 5.89. The van der Waals surface area contributed by atoms with E-state index in [2.05, 4.69) is 28.2 Å². The molecular formula is C10H16BrNO2. The van der Waals surface area contributed by atoms with Crippen molar-refractivity contribution in [2.45, 2.75) is 37.1 Å². The maximum atomic E-state index is 11.6. The molecule has 2 fully saturated rings. The number of alkyl halides is 1. The van der Waals surface area contributed by atoms with Crippen LogP contribution in [0.15, 0.2) is 0 Å². The minimum Gasteiger partial charge on any atom is -0.378 e. The molecule has 0 aromatic rings. The SMILES string of the molecule is CC1(CC(=O)NC2COCC2Br)CC1. The van der Waals surface area contributed by atoms with Crippen molar-refractivity contribution >= 4 is 21.8 Å². The quantitative estimate of drug-likeness (QED) is 0.782. The predicted octanol–water partition coefficient (Wildman–Crippen LogP) is 1.46. The van der Waals surface area contributed by atoms with Crippen molar-refractivity contribution in [3.05, 3.63) is 0 Å². The lowest BCUT2D eigenvalue weighted by Gasteiger charge is -2.15. The first-order valence-corrected chi connectivity index (χ1v) is 6.02. The average Bonchev–Trinajstić information content (AvgIpc) is 2.67. The Hall–Kier alpha value is -0.0900. The van der Waals surface area contributed by atoms with E-state index in [0.717, 1.165) is 0 Å². The monoisotopic (exact) mass is 261 g/mol. The summed E-state index contributed by atoms with van der Waals surface area (Å²) in [7, 11) is 0. The fourth-order valence-corrected chi connectivity index (χ4v) is 2.17. The molecule has 1 N–H and O–H groups in total. The molecule has 0 spiro atoms. The van der Waals surface area contributed by atoms with E-state index in [-0.39, 0.29) is 16.8 Å². The lowest BCUT2D eigenvalue weighted by atomic mass is 10.1. The molecule has 1 aliphatic heterocycles. The number of hydrogen-bond donors (Lipinski definition) is 1. The molecule has 2 rings (SSSR count). The first-order chi connectivity index (χ1) is 6.59. The highest BCUT2D eigenvalue weighted by Gasteiger charge is 2.40. The van der Waals surface area contributed by atoms with Crippen LogP contribution in [0.3, 0.4) is 0 Å². The number of amides is 1. The Bertz CT molecular complexity index is 240. The molecule has 1 aliphatic carbocycles. The van der Waals surface area contributed by atoms with Crippen LogP contribution in [0, 0.1) is 5.41 Å². The van der Waals surface area contributed by atoms with Gasteiger partial charge in [0.2, 0.25) is 5.91 Å². The summed E-state index contributed by atoms with van der Waals surface area (Å²) in [5.74, 6) is 0.171. The summed E-state index contributed by atoms with van der Waals surface area (Å²) in [6.45, 7) is 3.50. The van der Waals surface area contributed by atoms with Crippen molar-refractivity contribution in [1.82, 2.24) is 5.32 Å². The Balaban J connectivity index is 1.76. The number of halogens is 1. The van der Waals surface area contributed by atoms with Crippen molar-refractivity contribution < 1.29 is 9.53 Å². The summed E-state index contributed by atoms with van der Waals surface area (Å²) in [6.07, 6.45) is 3.06. The number of hydrogen-bond acceptors (Lipinski definition) is 2. The maximum Gasteiger partial charge on any atom is 0.220 e. The fraction of sp³-hybridized carbons (Fsp3) is 0.900. The van der Waals surface area contributed by atoms with E-state index in [9.17, 15) is 4.79 Å². The minimum absolute atomic E-state index is 0.157. The largest absolute Gasteiger partial charge is 0.378 e. The molecule has 2 atom stereocenters. The van der Waals surface area contributed by atoms with Crippen molar-refractivity contribution in [3.63, 3.8) is 0 Å². The van der Waals surface area contributed by atoms with Gasteiger partial charge in [0.05, 0.1) is 24.1 Å². The first kappa shape index (κ1) is 10.4. The average molecular weight is 262 g/mol. The van der Waals surface area contributed by atoms with Crippen molar-refractivity contribution in [1.29, 1.82) is 0 Å². The standard InChI is InChI=1S/C10H16BrNO2/c1-10(2-3-10)4-9(13)12-8-6-14-5-7(8)11/h7-8H,2-6H2,1H3,(H,12,13). The molecule has 2 unspecified atom stereocenters. The number of carbonyl (C=O) groups excluding carboxylic acids is 1. The molecule has 0 radical (unpaired) electrons. The van der Waals surface area contributed by atoms with Crippen LogP contribution in [0.25, 0.3) is 0 Å². The smallest absolute Gasteiger partial charge is 0.220 e. The van der Waals surface area contributed by atoms with Gasteiger partial charge in [-0.2, -0.15) is 0 Å². The van der Waals surface area contributed by atoms with E-state index in [4.69, 9.17) is 4.74 Å². The van der Waals surface area contributed by atoms with Crippen molar-refractivity contribution in [2.24, 2.45) is 5.41 Å². The molecule has 4 heteroatoms. The highest BCUT2D eigenvalue weighted by atomic mass is 79.9. The zero-order valence-electron chi connectivity index (χ0n) is 8.38. The first-order valence-electron chi connectivity index (χ1n) is 5.10. The van der Waals surface area contributed by atoms with Gasteiger partial charge in [0.1, 0.15) is 0 Å². The number of nitrogens with one attached hydrogen (secondary N) is 1. The van der Waals surface area contributed by atoms with Gasteiger partial charge in [-0.15, -0.1) is 0 Å². The molecule has 14 heavy (non-hydrogen) atoms. The van der Waals surface area contributed by atoms with E-state index in [1.807, 2.05) is 0 Å². The zero-order valence-corrected chi connectivity index (χ0v) is 9.97. The summed E-state index contributed by atoms with van der Waals surface area (Å²) in [5, 5.41) is 3.01. The summed E-state index contributed by atoms with van der Waals surface area (Å²) in [5.41, 5.74) is 0.297. The van der Waals surface area contributed by atoms with Crippen molar-refractivity contribution in [3.8, 4) is 0 Å². The number of rotatable bonds is 3. The maximum absolute atomic E-state index is 11.6. The van der Waals surface area contributed by atoms with Gasteiger partial charge >= 0.3 is 0 Å². The Kier molecular flexibility index (Phi) is 2.84. The predicted molar refractivity (Wildman–Crippen MR) is 57.4 cm³/mol. The van der Waals surface area contributed by atoms with E-state index in [1.165, 1.54) is 12.8 Å². The summed E-state index contributed by atoms with van der Waals surface area (Å²) in [6, 6.07) is 0.157. The molecule has 0 bridgehead atoms. The highest BCUT2D eigenvalue weighted by Crippen LogP contribution is 2.47. The lowest BCUT2D eigenvalue weighted by Crippen LogP contribution is -2.40. The minimum atomic E-state index is 0.157.